The van der Waals surface area contributed by atoms with Crippen molar-refractivity contribution < 1.29 is 27.2 Å². The normalized spacial score (nSPS) is 11.5. The first-order valence-corrected chi connectivity index (χ1v) is 8.98. The van der Waals surface area contributed by atoms with Crippen molar-refractivity contribution in [3.05, 3.63) is 52.5 Å². The van der Waals surface area contributed by atoms with Gasteiger partial charge in [-0.05, 0) is 19.1 Å². The molecule has 0 aliphatic rings. The molecule has 30 heavy (non-hydrogen) atoms. The van der Waals surface area contributed by atoms with E-state index in [2.05, 4.69) is 20.8 Å². The average Bonchev–Trinajstić information content (AvgIpc) is 3.38. The summed E-state index contributed by atoms with van der Waals surface area (Å²) in [6.07, 6.45) is -1.99. The summed E-state index contributed by atoms with van der Waals surface area (Å²) in [7, 11) is 1.16. The van der Waals surface area contributed by atoms with Gasteiger partial charge in [0.2, 0.25) is 0 Å². The molecule has 2 N–H and O–H groups in total. The van der Waals surface area contributed by atoms with Crippen LogP contribution in [0, 0.1) is 0 Å². The van der Waals surface area contributed by atoms with Gasteiger partial charge in [-0.2, -0.15) is 23.4 Å². The number of carbonyl (C=O) groups is 2. The van der Waals surface area contributed by atoms with E-state index in [0.717, 1.165) is 11.7 Å². The molecule has 0 saturated carbocycles. The summed E-state index contributed by atoms with van der Waals surface area (Å²) in [6, 6.07) is 3.32. The monoisotopic (exact) mass is 444 g/mol. The fourth-order valence-corrected chi connectivity index (χ4v) is 2.97. The Balaban J connectivity index is 1.84. The highest BCUT2D eigenvalue weighted by Gasteiger charge is 2.40. The first-order valence-electron chi connectivity index (χ1n) is 8.60. The number of nitrogens with zero attached hydrogens (tertiary/aromatic N) is 4. The van der Waals surface area contributed by atoms with E-state index in [4.69, 9.17) is 16.0 Å². The lowest BCUT2D eigenvalue weighted by molar-refractivity contribution is -0.141. The fourth-order valence-electron chi connectivity index (χ4n) is 2.61. The van der Waals surface area contributed by atoms with Gasteiger partial charge in [-0.3, -0.25) is 19.0 Å². The molecular formula is C17H16ClF3N6O3. The topological polar surface area (TPSA) is 107 Å². The number of carbonyl (C=O) groups excluding carboxylic acids is 2. The molecular weight excluding hydrogens is 429 g/mol. The van der Waals surface area contributed by atoms with Crippen LogP contribution in [-0.4, -0.2) is 31.4 Å². The molecule has 2 amide bonds. The second-order valence-corrected chi connectivity index (χ2v) is 6.47. The Bertz CT molecular complexity index is 1070. The highest BCUT2D eigenvalue weighted by atomic mass is 35.5. The van der Waals surface area contributed by atoms with Crippen molar-refractivity contribution in [3.63, 3.8) is 0 Å². The van der Waals surface area contributed by atoms with Gasteiger partial charge in [0.25, 0.3) is 11.8 Å². The van der Waals surface area contributed by atoms with Crippen molar-refractivity contribution in [2.24, 2.45) is 7.05 Å². The van der Waals surface area contributed by atoms with Crippen LogP contribution in [0.15, 0.2) is 29.0 Å². The molecule has 0 fully saturated rings. The van der Waals surface area contributed by atoms with Gasteiger partial charge in [-0.25, -0.2) is 0 Å². The lowest BCUT2D eigenvalue weighted by atomic mass is 10.3. The van der Waals surface area contributed by atoms with E-state index in [1.54, 1.807) is 19.1 Å². The molecule has 0 radical (unpaired) electrons. The van der Waals surface area contributed by atoms with Crippen LogP contribution in [0.25, 0.3) is 0 Å². The smallest absolute Gasteiger partial charge is 0.436 e. The second-order valence-electron chi connectivity index (χ2n) is 6.10. The van der Waals surface area contributed by atoms with E-state index in [0.29, 0.717) is 12.3 Å². The third-order valence-electron chi connectivity index (χ3n) is 4.03. The van der Waals surface area contributed by atoms with Crippen molar-refractivity contribution in [2.75, 3.05) is 5.32 Å². The minimum absolute atomic E-state index is 0.00428. The average molecular weight is 445 g/mol. The van der Waals surface area contributed by atoms with E-state index in [1.165, 1.54) is 17.1 Å². The molecule has 0 aliphatic carbocycles. The van der Waals surface area contributed by atoms with Crippen LogP contribution < -0.4 is 10.6 Å². The molecule has 160 valence electrons. The van der Waals surface area contributed by atoms with E-state index in [1.807, 2.05) is 0 Å². The Hall–Kier alpha value is -3.28. The number of furan rings is 1. The van der Waals surface area contributed by atoms with Crippen molar-refractivity contribution >= 4 is 29.1 Å². The predicted molar refractivity (Wildman–Crippen MR) is 99.0 cm³/mol. The van der Waals surface area contributed by atoms with Gasteiger partial charge in [-0.15, -0.1) is 0 Å². The maximum atomic E-state index is 13.0. The highest BCUT2D eigenvalue weighted by Crippen LogP contribution is 2.35. The molecule has 3 rings (SSSR count). The zero-order valence-electron chi connectivity index (χ0n) is 15.7. The van der Waals surface area contributed by atoms with Crippen molar-refractivity contribution in [1.82, 2.24) is 24.9 Å². The number of alkyl halides is 3. The first-order chi connectivity index (χ1) is 14.1. The number of aromatic nitrogens is 4. The molecule has 0 saturated heterocycles. The number of amides is 2. The lowest BCUT2D eigenvalue weighted by Crippen LogP contribution is -2.25. The van der Waals surface area contributed by atoms with Gasteiger partial charge in [-0.1, -0.05) is 11.6 Å². The molecule has 3 aromatic rings. The maximum absolute atomic E-state index is 13.0. The molecule has 0 bridgehead atoms. The van der Waals surface area contributed by atoms with E-state index < -0.39 is 34.4 Å². The van der Waals surface area contributed by atoms with Gasteiger partial charge < -0.3 is 15.1 Å². The molecule has 13 heteroatoms. The zero-order valence-corrected chi connectivity index (χ0v) is 16.5. The second kappa shape index (κ2) is 8.22. The van der Waals surface area contributed by atoms with Crippen molar-refractivity contribution in [3.8, 4) is 0 Å². The van der Waals surface area contributed by atoms with E-state index in [-0.39, 0.29) is 17.9 Å². The number of hydrogen-bond acceptors (Lipinski definition) is 5. The van der Waals surface area contributed by atoms with Crippen LogP contribution >= 0.6 is 11.6 Å². The summed E-state index contributed by atoms with van der Waals surface area (Å²) >= 11 is 5.74. The Kier molecular flexibility index (Phi) is 5.87. The number of hydrogen-bond donors (Lipinski definition) is 2. The molecule has 0 atom stereocenters. The summed E-state index contributed by atoms with van der Waals surface area (Å²) in [6.45, 7) is 2.23. The minimum atomic E-state index is -4.82. The Morgan fingerprint density at radius 2 is 2.00 bits per heavy atom. The summed E-state index contributed by atoms with van der Waals surface area (Å²) < 4.78 is 46.2. The van der Waals surface area contributed by atoms with Crippen LogP contribution in [0.3, 0.4) is 0 Å². The van der Waals surface area contributed by atoms with Gasteiger partial charge in [0, 0.05) is 19.8 Å². The number of halogens is 4. The summed E-state index contributed by atoms with van der Waals surface area (Å²) in [5, 5.41) is 11.5. The molecule has 3 aromatic heterocycles. The predicted octanol–water partition coefficient (Wildman–Crippen LogP) is 3.08. The Morgan fingerprint density at radius 1 is 1.27 bits per heavy atom. The SMILES string of the molecule is CCn1cc(NC(=O)c2c(Cl)c(C(F)(F)F)nn2C)c(C(=O)NCc2ccco2)n1. The Labute approximate surface area is 172 Å². The van der Waals surface area contributed by atoms with Crippen LogP contribution in [0.4, 0.5) is 18.9 Å². The van der Waals surface area contributed by atoms with Crippen LogP contribution in [-0.2, 0) is 26.3 Å². The number of anilines is 1. The van der Waals surface area contributed by atoms with Gasteiger partial charge in [0.15, 0.2) is 11.4 Å². The highest BCUT2D eigenvalue weighted by molar-refractivity contribution is 6.35. The third-order valence-corrected chi connectivity index (χ3v) is 4.38. The number of rotatable bonds is 6. The number of nitrogens with one attached hydrogen (secondary N) is 2. The standard InChI is InChI=1S/C17H16ClF3N6O3/c1-3-27-8-10(12(24-27)15(28)22-7-9-5-4-6-30-9)23-16(29)13-11(18)14(17(19,20)21)25-26(13)2/h4-6,8H,3,7H2,1-2H3,(H,22,28)(H,23,29). The molecule has 0 aliphatic heterocycles. The maximum Gasteiger partial charge on any atom is 0.436 e. The van der Waals surface area contributed by atoms with Crippen LogP contribution in [0.2, 0.25) is 5.02 Å². The van der Waals surface area contributed by atoms with Crippen molar-refractivity contribution in [1.29, 1.82) is 0 Å². The largest absolute Gasteiger partial charge is 0.467 e. The fraction of sp³-hybridized carbons (Fsp3) is 0.294. The van der Waals surface area contributed by atoms with Crippen LogP contribution in [0.1, 0.15) is 39.4 Å². The quantitative estimate of drug-likeness (QED) is 0.607. The summed E-state index contributed by atoms with van der Waals surface area (Å²) in [5.41, 5.74) is -2.00. The Morgan fingerprint density at radius 3 is 2.57 bits per heavy atom. The summed E-state index contributed by atoms with van der Waals surface area (Å²) in [5.74, 6) is -1.08. The molecule has 0 spiro atoms. The molecule has 0 aromatic carbocycles. The lowest BCUT2D eigenvalue weighted by Gasteiger charge is -2.06. The minimum Gasteiger partial charge on any atom is -0.467 e. The third kappa shape index (κ3) is 4.32. The first kappa shape index (κ1) is 21.4. The van der Waals surface area contributed by atoms with Crippen molar-refractivity contribution in [2.45, 2.75) is 26.2 Å². The van der Waals surface area contributed by atoms with Gasteiger partial charge in [0.05, 0.1) is 18.5 Å². The van der Waals surface area contributed by atoms with Gasteiger partial charge in [0.1, 0.15) is 16.5 Å². The molecule has 0 unspecified atom stereocenters. The van der Waals surface area contributed by atoms with Gasteiger partial charge >= 0.3 is 6.18 Å². The molecule has 9 nitrogen and oxygen atoms in total. The van der Waals surface area contributed by atoms with Crippen LogP contribution in [0.5, 0.6) is 0 Å². The van der Waals surface area contributed by atoms with E-state index in [9.17, 15) is 22.8 Å². The van der Waals surface area contributed by atoms with E-state index >= 15 is 0 Å². The number of aryl methyl sites for hydroxylation is 2. The summed E-state index contributed by atoms with van der Waals surface area (Å²) in [4.78, 5) is 25.1. The zero-order chi connectivity index (χ0) is 22.1. The molecule has 3 heterocycles.